The number of morpholine rings is 1. The second-order valence-corrected chi connectivity index (χ2v) is 7.86. The quantitative estimate of drug-likeness (QED) is 0.701. The van der Waals surface area contributed by atoms with Crippen LogP contribution < -0.4 is 11.2 Å². The third-order valence-electron chi connectivity index (χ3n) is 5.41. The van der Waals surface area contributed by atoms with E-state index in [1.807, 2.05) is 22.8 Å². The van der Waals surface area contributed by atoms with E-state index in [0.29, 0.717) is 24.3 Å². The van der Waals surface area contributed by atoms with Gasteiger partial charge in [-0.2, -0.15) is 0 Å². The maximum Gasteiger partial charge on any atom is 0.329 e. The second-order valence-electron chi connectivity index (χ2n) is 7.86. The topological polar surface area (TPSA) is 85.2 Å². The second kappa shape index (κ2) is 7.96. The van der Waals surface area contributed by atoms with Gasteiger partial charge in [-0.1, -0.05) is 30.3 Å². The fourth-order valence-electron chi connectivity index (χ4n) is 4.14. The van der Waals surface area contributed by atoms with E-state index in [-0.39, 0.29) is 12.2 Å². The highest BCUT2D eigenvalue weighted by Crippen LogP contribution is 2.18. The molecule has 1 aliphatic heterocycles. The third-order valence-corrected chi connectivity index (χ3v) is 5.41. The molecule has 0 amide bonds. The van der Waals surface area contributed by atoms with Crippen LogP contribution in [0.5, 0.6) is 0 Å². The molecule has 0 bridgehead atoms. The number of aromatic nitrogens is 4. The molecule has 3 heterocycles. The highest BCUT2D eigenvalue weighted by molar-refractivity contribution is 5.70. The lowest BCUT2D eigenvalue weighted by Crippen LogP contribution is -2.45. The maximum atomic E-state index is 12.6. The van der Waals surface area contributed by atoms with Crippen LogP contribution in [-0.2, 0) is 31.3 Å². The summed E-state index contributed by atoms with van der Waals surface area (Å²) in [5, 5.41) is 0. The molecule has 1 aromatic carbocycles. The fourth-order valence-corrected chi connectivity index (χ4v) is 4.14. The number of hydrogen-bond donors (Lipinski definition) is 1. The predicted octanol–water partition coefficient (Wildman–Crippen LogP) is 1.28. The molecule has 0 unspecified atom stereocenters. The van der Waals surface area contributed by atoms with Crippen molar-refractivity contribution in [3.05, 3.63) is 62.6 Å². The van der Waals surface area contributed by atoms with Crippen molar-refractivity contribution in [2.24, 2.45) is 7.05 Å². The van der Waals surface area contributed by atoms with Gasteiger partial charge in [-0.25, -0.2) is 9.78 Å². The van der Waals surface area contributed by atoms with Crippen LogP contribution in [0.2, 0.25) is 0 Å². The summed E-state index contributed by atoms with van der Waals surface area (Å²) in [6.45, 7) is 6.97. The SMILES string of the molecule is C[C@@H]1CN(Cc2nc3c(c(=O)[nH]c(=O)n3C)n2CCc2ccccc2)C[C@@H](C)O1. The van der Waals surface area contributed by atoms with Gasteiger partial charge in [-0.15, -0.1) is 0 Å². The van der Waals surface area contributed by atoms with E-state index in [2.05, 4.69) is 35.9 Å². The Hall–Kier alpha value is -2.71. The molecule has 1 saturated heterocycles. The van der Waals surface area contributed by atoms with Gasteiger partial charge >= 0.3 is 5.69 Å². The zero-order valence-electron chi connectivity index (χ0n) is 17.1. The minimum Gasteiger partial charge on any atom is -0.373 e. The molecule has 8 heteroatoms. The van der Waals surface area contributed by atoms with Gasteiger partial charge in [0.15, 0.2) is 11.2 Å². The first-order valence-corrected chi connectivity index (χ1v) is 10.0. The van der Waals surface area contributed by atoms with E-state index >= 15 is 0 Å². The monoisotopic (exact) mass is 397 g/mol. The summed E-state index contributed by atoms with van der Waals surface area (Å²) in [5.41, 5.74) is 1.23. The smallest absolute Gasteiger partial charge is 0.329 e. The van der Waals surface area contributed by atoms with Crippen LogP contribution in [0.15, 0.2) is 39.9 Å². The Bertz CT molecular complexity index is 1110. The molecule has 3 aromatic rings. The number of aryl methyl sites for hydroxylation is 3. The summed E-state index contributed by atoms with van der Waals surface area (Å²) in [4.78, 5) is 34.1. The Kier molecular flexibility index (Phi) is 5.38. The van der Waals surface area contributed by atoms with E-state index in [9.17, 15) is 9.59 Å². The number of benzene rings is 1. The summed E-state index contributed by atoms with van der Waals surface area (Å²) in [5.74, 6) is 0.795. The van der Waals surface area contributed by atoms with Crippen molar-refractivity contribution in [2.45, 2.75) is 45.6 Å². The summed E-state index contributed by atoms with van der Waals surface area (Å²) in [6, 6.07) is 10.2. The molecular weight excluding hydrogens is 370 g/mol. The average molecular weight is 397 g/mol. The largest absolute Gasteiger partial charge is 0.373 e. The molecule has 2 atom stereocenters. The van der Waals surface area contributed by atoms with Crippen molar-refractivity contribution in [3.8, 4) is 0 Å². The molecule has 4 rings (SSSR count). The number of nitrogens with one attached hydrogen (secondary N) is 1. The molecule has 2 aromatic heterocycles. The van der Waals surface area contributed by atoms with Crippen molar-refractivity contribution in [1.29, 1.82) is 0 Å². The zero-order valence-corrected chi connectivity index (χ0v) is 17.1. The summed E-state index contributed by atoms with van der Waals surface area (Å²) >= 11 is 0. The summed E-state index contributed by atoms with van der Waals surface area (Å²) < 4.78 is 9.20. The van der Waals surface area contributed by atoms with Gasteiger partial charge in [0.25, 0.3) is 5.56 Å². The molecular formula is C21H27N5O3. The van der Waals surface area contributed by atoms with E-state index in [4.69, 9.17) is 9.72 Å². The molecule has 1 N–H and O–H groups in total. The Morgan fingerprint density at radius 2 is 1.83 bits per heavy atom. The molecule has 1 fully saturated rings. The molecule has 0 aliphatic carbocycles. The van der Waals surface area contributed by atoms with Gasteiger partial charge in [0.05, 0.1) is 18.8 Å². The van der Waals surface area contributed by atoms with Gasteiger partial charge < -0.3 is 9.30 Å². The van der Waals surface area contributed by atoms with Crippen LogP contribution in [-0.4, -0.2) is 49.3 Å². The minimum absolute atomic E-state index is 0.147. The first-order valence-electron chi connectivity index (χ1n) is 10.0. The van der Waals surface area contributed by atoms with Crippen molar-refractivity contribution in [3.63, 3.8) is 0 Å². The molecule has 1 aliphatic rings. The van der Waals surface area contributed by atoms with Crippen LogP contribution in [0.3, 0.4) is 0 Å². The highest BCUT2D eigenvalue weighted by Gasteiger charge is 2.25. The number of imidazole rings is 1. The van der Waals surface area contributed by atoms with Gasteiger partial charge in [-0.3, -0.25) is 19.2 Å². The van der Waals surface area contributed by atoms with Crippen molar-refractivity contribution < 1.29 is 4.74 Å². The van der Waals surface area contributed by atoms with Gasteiger partial charge in [0, 0.05) is 26.7 Å². The third kappa shape index (κ3) is 4.04. The fraction of sp³-hybridized carbons (Fsp3) is 0.476. The number of H-pyrrole nitrogens is 1. The van der Waals surface area contributed by atoms with E-state index in [1.54, 1.807) is 7.05 Å². The Balaban J connectivity index is 1.73. The molecule has 8 nitrogen and oxygen atoms in total. The number of nitrogens with zero attached hydrogens (tertiary/aromatic N) is 4. The summed E-state index contributed by atoms with van der Waals surface area (Å²) in [7, 11) is 1.64. The van der Waals surface area contributed by atoms with Crippen molar-refractivity contribution in [2.75, 3.05) is 13.1 Å². The Morgan fingerprint density at radius 3 is 2.52 bits per heavy atom. The molecule has 0 radical (unpaired) electrons. The van der Waals surface area contributed by atoms with E-state index < -0.39 is 11.2 Å². The highest BCUT2D eigenvalue weighted by atomic mass is 16.5. The lowest BCUT2D eigenvalue weighted by molar-refractivity contribution is -0.0712. The first-order chi connectivity index (χ1) is 13.9. The normalized spacial score (nSPS) is 20.4. The van der Waals surface area contributed by atoms with Crippen LogP contribution >= 0.6 is 0 Å². The Labute approximate surface area is 168 Å². The standard InChI is InChI=1S/C21H27N5O3/c1-14-11-25(12-15(2)29-14)13-17-22-19-18(20(27)23-21(28)24(19)3)26(17)10-9-16-7-5-4-6-8-16/h4-8,14-15H,9-13H2,1-3H3,(H,23,27,28)/t14-,15-/m1/s1. The van der Waals surface area contributed by atoms with Gasteiger partial charge in [0.2, 0.25) is 0 Å². The van der Waals surface area contributed by atoms with Gasteiger partial charge in [-0.05, 0) is 25.8 Å². The van der Waals surface area contributed by atoms with Crippen molar-refractivity contribution >= 4 is 11.2 Å². The van der Waals surface area contributed by atoms with Gasteiger partial charge in [0.1, 0.15) is 5.82 Å². The van der Waals surface area contributed by atoms with Crippen LogP contribution in [0, 0.1) is 0 Å². The molecule has 0 saturated carbocycles. The van der Waals surface area contributed by atoms with Crippen LogP contribution in [0.4, 0.5) is 0 Å². The first kappa shape index (κ1) is 19.6. The number of rotatable bonds is 5. The maximum absolute atomic E-state index is 12.6. The minimum atomic E-state index is -0.449. The predicted molar refractivity (Wildman–Crippen MR) is 111 cm³/mol. The van der Waals surface area contributed by atoms with Crippen LogP contribution in [0.25, 0.3) is 11.2 Å². The van der Waals surface area contributed by atoms with E-state index in [0.717, 1.165) is 25.3 Å². The summed E-state index contributed by atoms with van der Waals surface area (Å²) in [6.07, 6.45) is 1.07. The number of fused-ring (bicyclic) bond motifs is 1. The number of hydrogen-bond acceptors (Lipinski definition) is 5. The lowest BCUT2D eigenvalue weighted by atomic mass is 10.1. The lowest BCUT2D eigenvalue weighted by Gasteiger charge is -2.35. The molecule has 0 spiro atoms. The molecule has 29 heavy (non-hydrogen) atoms. The van der Waals surface area contributed by atoms with Crippen molar-refractivity contribution in [1.82, 2.24) is 24.0 Å². The zero-order chi connectivity index (χ0) is 20.5. The molecule has 154 valence electrons. The van der Waals surface area contributed by atoms with Crippen LogP contribution in [0.1, 0.15) is 25.2 Å². The van der Waals surface area contributed by atoms with E-state index in [1.165, 1.54) is 10.1 Å². The number of aromatic amines is 1. The average Bonchev–Trinajstić information content (AvgIpc) is 3.03. The Morgan fingerprint density at radius 1 is 1.14 bits per heavy atom. The number of ether oxygens (including phenoxy) is 1.